The van der Waals surface area contributed by atoms with Crippen molar-refractivity contribution in [1.82, 2.24) is 53.2 Å². The molecule has 12 atom stereocenters. The maximum atomic E-state index is 14.3. The highest BCUT2D eigenvalue weighted by atomic mass is 35.5. The first-order chi connectivity index (χ1) is 41.3. The van der Waals surface area contributed by atoms with Crippen LogP contribution in [0.5, 0.6) is 0 Å². The van der Waals surface area contributed by atoms with Crippen molar-refractivity contribution in [3.8, 4) is 0 Å². The number of carbonyl (C=O) groups excluding carboxylic acids is 11. The van der Waals surface area contributed by atoms with Gasteiger partial charge in [-0.3, -0.25) is 52.7 Å². The minimum atomic E-state index is -2.46. The molecule has 0 unspecified atom stereocenters. The molecule has 2 rings (SSSR count). The summed E-state index contributed by atoms with van der Waals surface area (Å²) in [6.45, 7) is 2.80. The van der Waals surface area contributed by atoms with Crippen molar-refractivity contribution in [1.29, 1.82) is 0 Å². The van der Waals surface area contributed by atoms with E-state index >= 15 is 0 Å². The van der Waals surface area contributed by atoms with E-state index in [2.05, 4.69) is 60.1 Å². The van der Waals surface area contributed by atoms with Crippen molar-refractivity contribution >= 4 is 82.6 Å². The molecule has 1 saturated heterocycles. The van der Waals surface area contributed by atoms with Gasteiger partial charge < -0.3 is 101 Å². The van der Waals surface area contributed by atoms with E-state index < -0.39 is 187 Å². The Kier molecular flexibility index (Phi) is 36.5. The summed E-state index contributed by atoms with van der Waals surface area (Å²) < 4.78 is 5.38. The van der Waals surface area contributed by atoms with Gasteiger partial charge in [-0.1, -0.05) is 70.8 Å². The molecule has 87 heavy (non-hydrogen) atoms. The molecule has 31 nitrogen and oxygen atoms in total. The van der Waals surface area contributed by atoms with Gasteiger partial charge in [0.25, 0.3) is 11.8 Å². The lowest BCUT2D eigenvalue weighted by molar-refractivity contribution is -0.154. The van der Waals surface area contributed by atoms with Crippen LogP contribution in [0.3, 0.4) is 0 Å². The second-order valence-electron chi connectivity index (χ2n) is 21.7. The van der Waals surface area contributed by atoms with Crippen LogP contribution in [0.4, 0.5) is 0 Å². The lowest BCUT2D eigenvalue weighted by Crippen LogP contribution is -2.63. The normalized spacial score (nSPS) is 24.9. The number of carbonyl (C=O) groups is 12. The Morgan fingerprint density at radius 2 is 1.16 bits per heavy atom. The zero-order chi connectivity index (χ0) is 65.2. The van der Waals surface area contributed by atoms with Crippen molar-refractivity contribution in [2.24, 2.45) is 17.2 Å². The number of hydrogen-bond donors (Lipinski definition) is 18. The van der Waals surface area contributed by atoms with Gasteiger partial charge in [0.1, 0.15) is 54.6 Å². The van der Waals surface area contributed by atoms with Gasteiger partial charge in [-0.25, -0.2) is 4.79 Å². The number of hydrogen-bond acceptors (Lipinski definition) is 20. The number of nitrogens with two attached hydrogens (primary N) is 3. The summed E-state index contributed by atoms with van der Waals surface area (Å²) in [5, 5.41) is 76.8. The third-order valence-corrected chi connectivity index (χ3v) is 14.7. The molecule has 0 aromatic rings. The molecule has 1 heterocycles. The third-order valence-electron chi connectivity index (χ3n) is 14.4. The SMILES string of the molecule is C/C=C1/NC(=O)[C@H]([C@H](C)O)NC(=O)[C@H](CCN)NC(=O)[C@H](CCCCN)NC(=O)[C@H](CC(=O)O)NC(=O)[C@@H](CCN)NC(=O)[C@@H](NC(=O)C[C@H](O)CCCCCCCCCCC)COC(=O)[C@H]([C@H](O)CCl)NC(=O)[C@H]([C@H](O)C(=O)NC2CCC2)NC1=O. The summed E-state index contributed by atoms with van der Waals surface area (Å²) in [5.41, 5.74) is 16.6. The number of aliphatic hydroxyl groups excluding tert-OH is 4. The predicted molar refractivity (Wildman–Crippen MR) is 313 cm³/mol. The fraction of sp³-hybridized carbons (Fsp3) is 0.745. The van der Waals surface area contributed by atoms with Crippen molar-refractivity contribution < 1.29 is 87.8 Å². The molecule has 21 N–H and O–H groups in total. The molecule has 0 radical (unpaired) electrons. The number of alkyl halides is 1. The topological polar surface area (TPSA) is 514 Å². The minimum absolute atomic E-state index is 0.132. The number of nitrogens with one attached hydrogen (secondary N) is 10. The summed E-state index contributed by atoms with van der Waals surface area (Å²) in [4.78, 5) is 166. The zero-order valence-electron chi connectivity index (χ0n) is 49.9. The molecular formula is C55H94ClN13O18. The average molecular weight is 1260 g/mol. The zero-order valence-corrected chi connectivity index (χ0v) is 50.7. The van der Waals surface area contributed by atoms with Gasteiger partial charge in [0, 0.05) is 6.04 Å². The maximum absolute atomic E-state index is 14.3. The average Bonchev–Trinajstić information content (AvgIpc) is 2.71. The highest BCUT2D eigenvalue weighted by molar-refractivity contribution is 6.18. The number of amides is 10. The maximum Gasteiger partial charge on any atom is 0.331 e. The fourth-order valence-corrected chi connectivity index (χ4v) is 9.25. The molecule has 0 aromatic heterocycles. The Balaban J connectivity index is 2.79. The smallest absolute Gasteiger partial charge is 0.331 e. The van der Waals surface area contributed by atoms with E-state index in [1.807, 2.05) is 0 Å². The van der Waals surface area contributed by atoms with Crippen LogP contribution in [-0.4, -0.2) is 207 Å². The second-order valence-corrected chi connectivity index (χ2v) is 22.0. The van der Waals surface area contributed by atoms with Crippen LogP contribution in [0.15, 0.2) is 11.8 Å². The molecule has 2 aliphatic rings. The first-order valence-corrected chi connectivity index (χ1v) is 30.4. The summed E-state index contributed by atoms with van der Waals surface area (Å²) >= 11 is 5.96. The minimum Gasteiger partial charge on any atom is -0.481 e. The number of aliphatic carboxylic acids is 1. The quantitative estimate of drug-likeness (QED) is 0.0145. The number of esters is 1. The number of allylic oxidation sites excluding steroid dienone is 1. The van der Waals surface area contributed by atoms with Gasteiger partial charge in [-0.05, 0) is 91.3 Å². The van der Waals surface area contributed by atoms with Gasteiger partial charge >= 0.3 is 11.9 Å². The van der Waals surface area contributed by atoms with Crippen molar-refractivity contribution in [2.45, 2.75) is 228 Å². The van der Waals surface area contributed by atoms with Crippen LogP contribution in [0, 0.1) is 0 Å². The van der Waals surface area contributed by atoms with Gasteiger partial charge in [0.2, 0.25) is 47.3 Å². The van der Waals surface area contributed by atoms with Crippen molar-refractivity contribution in [3.05, 3.63) is 11.8 Å². The Morgan fingerprint density at radius 3 is 1.68 bits per heavy atom. The van der Waals surface area contributed by atoms with Crippen LogP contribution < -0.4 is 70.4 Å². The largest absolute Gasteiger partial charge is 0.481 e. The highest BCUT2D eigenvalue weighted by Crippen LogP contribution is 2.19. The molecule has 2 fully saturated rings. The number of unbranched alkanes of at least 4 members (excludes halogenated alkanes) is 9. The Hall–Kier alpha value is -6.61. The highest BCUT2D eigenvalue weighted by Gasteiger charge is 2.41. The molecule has 0 spiro atoms. The standard InChI is InChI=1S/C55H94ClN13O18/c1-4-6-7-8-9-10-11-12-13-19-32(71)26-40(73)61-38-29-87-55(86)43(39(72)28-56)68-53(84)44(45(76)54(85)60-31-17-16-18-31)69-46(77)33(5-2)62-52(83)42(30(3)70)67-49(80)36(22-25-59)64-47(78)34(20-14-15-23-57)63-50(81)37(27-41(74)75)66-48(79)35(21-24-58)65-51(38)82/h5,30-32,34-39,42-45,70-72,76H,4,6-29,57-59H2,1-3H3,(H,60,85)(H,61,73)(H,62,83)(H,63,81)(H,64,78)(H,65,82)(H,66,79)(H,67,80)(H,68,84)(H,69,77)(H,74,75)/b33-5+/t30-,32+,34-,35+,36-,37-,38-,39+,42-,43-,44-,45-/m0/s1. The molecule has 0 bridgehead atoms. The summed E-state index contributed by atoms with van der Waals surface area (Å²) in [5.74, 6) is -16.3. The van der Waals surface area contributed by atoms with E-state index in [9.17, 15) is 83.1 Å². The van der Waals surface area contributed by atoms with Crippen LogP contribution in [0.25, 0.3) is 0 Å². The third kappa shape index (κ3) is 28.0. The molecule has 494 valence electrons. The Morgan fingerprint density at radius 1 is 0.632 bits per heavy atom. The second kappa shape index (κ2) is 41.5. The molecule has 1 aliphatic carbocycles. The number of rotatable bonds is 29. The van der Waals surface area contributed by atoms with Crippen LogP contribution in [0.2, 0.25) is 0 Å². The van der Waals surface area contributed by atoms with Crippen molar-refractivity contribution in [2.75, 3.05) is 32.1 Å². The molecule has 1 aliphatic heterocycles. The number of cyclic esters (lactones) is 1. The van der Waals surface area contributed by atoms with E-state index in [1.54, 1.807) is 0 Å². The summed E-state index contributed by atoms with van der Waals surface area (Å²) in [7, 11) is 0. The van der Waals surface area contributed by atoms with E-state index in [0.717, 1.165) is 64.4 Å². The number of aliphatic hydroxyl groups is 4. The summed E-state index contributed by atoms with van der Waals surface area (Å²) in [6.07, 6.45) is 2.07. The molecule has 32 heteroatoms. The lowest BCUT2D eigenvalue weighted by atomic mass is 9.92. The monoisotopic (exact) mass is 1260 g/mol. The molecule has 0 aromatic carbocycles. The Labute approximate surface area is 511 Å². The molecular weight excluding hydrogens is 1170 g/mol. The number of ether oxygens (including phenoxy) is 1. The number of halogens is 1. The van der Waals surface area contributed by atoms with Gasteiger partial charge in [0.15, 0.2) is 12.1 Å². The van der Waals surface area contributed by atoms with Gasteiger partial charge in [-0.2, -0.15) is 0 Å². The number of carboxylic acids is 1. The molecule has 10 amide bonds. The predicted octanol–water partition coefficient (Wildman–Crippen LogP) is -4.58. The first-order valence-electron chi connectivity index (χ1n) is 29.8. The van der Waals surface area contributed by atoms with Crippen LogP contribution in [0.1, 0.15) is 149 Å². The van der Waals surface area contributed by atoms with Crippen LogP contribution >= 0.6 is 11.6 Å². The fourth-order valence-electron chi connectivity index (χ4n) is 9.08. The number of carboxylic acid groups (broad SMARTS) is 1. The first kappa shape index (κ1) is 76.5. The van der Waals surface area contributed by atoms with Crippen molar-refractivity contribution in [3.63, 3.8) is 0 Å². The van der Waals surface area contributed by atoms with E-state index in [-0.39, 0.29) is 45.3 Å². The van der Waals surface area contributed by atoms with E-state index in [0.29, 0.717) is 32.1 Å². The van der Waals surface area contributed by atoms with E-state index in [4.69, 9.17) is 33.5 Å². The Bertz CT molecular complexity index is 2310. The van der Waals surface area contributed by atoms with Crippen LogP contribution in [-0.2, 0) is 62.3 Å². The molecule has 1 saturated carbocycles. The summed E-state index contributed by atoms with van der Waals surface area (Å²) in [6, 6.07) is -15.9. The van der Waals surface area contributed by atoms with E-state index in [1.165, 1.54) is 6.92 Å². The lowest BCUT2D eigenvalue weighted by Gasteiger charge is -2.31. The van der Waals surface area contributed by atoms with Gasteiger partial charge in [0.05, 0.1) is 37.0 Å². The van der Waals surface area contributed by atoms with Gasteiger partial charge in [-0.15, -0.1) is 11.6 Å².